The van der Waals surface area contributed by atoms with Crippen LogP contribution in [0.3, 0.4) is 0 Å². The molecule has 0 aliphatic heterocycles. The first-order valence-electron chi connectivity index (χ1n) is 8.38. The van der Waals surface area contributed by atoms with E-state index in [-0.39, 0.29) is 12.4 Å². The summed E-state index contributed by atoms with van der Waals surface area (Å²) in [4.78, 5) is 4.67. The number of sulfonamides is 1. The van der Waals surface area contributed by atoms with Gasteiger partial charge >= 0.3 is 0 Å². The van der Waals surface area contributed by atoms with Gasteiger partial charge in [0, 0.05) is 22.3 Å². The van der Waals surface area contributed by atoms with Crippen molar-refractivity contribution in [3.05, 3.63) is 59.5 Å². The van der Waals surface area contributed by atoms with Gasteiger partial charge < -0.3 is 5.32 Å². The van der Waals surface area contributed by atoms with Gasteiger partial charge in [0.2, 0.25) is 10.0 Å². The summed E-state index contributed by atoms with van der Waals surface area (Å²) >= 11 is 1.56. The van der Waals surface area contributed by atoms with Crippen LogP contribution >= 0.6 is 23.7 Å². The first kappa shape index (κ1) is 19.7. The molecule has 1 aliphatic carbocycles. The molecule has 1 fully saturated rings. The molecule has 5 nitrogen and oxygen atoms in total. The Morgan fingerprint density at radius 3 is 2.44 bits per heavy atom. The molecular formula is C19H20ClN3O2S2. The molecule has 3 aromatic rings. The highest BCUT2D eigenvalue weighted by Crippen LogP contribution is 2.44. The summed E-state index contributed by atoms with van der Waals surface area (Å²) in [6, 6.07) is 15.6. The number of nitrogens with zero attached hydrogens (tertiary/aromatic N) is 1. The van der Waals surface area contributed by atoms with Crippen LogP contribution in [-0.2, 0) is 10.0 Å². The maximum Gasteiger partial charge on any atom is 0.229 e. The SMILES string of the molecule is CS(=O)(=O)Nc1ccc(-c2csc(Nc3ccccc3C3CC3)n2)cc1.Cl. The average molecular weight is 422 g/mol. The normalized spacial score (nSPS) is 13.7. The number of benzene rings is 2. The molecule has 27 heavy (non-hydrogen) atoms. The third-order valence-electron chi connectivity index (χ3n) is 4.21. The number of halogens is 1. The van der Waals surface area contributed by atoms with Crippen molar-refractivity contribution in [3.8, 4) is 11.3 Å². The minimum atomic E-state index is -3.26. The van der Waals surface area contributed by atoms with Gasteiger partial charge in [0.25, 0.3) is 0 Å². The number of para-hydroxylation sites is 1. The highest BCUT2D eigenvalue weighted by molar-refractivity contribution is 7.92. The Morgan fingerprint density at radius 1 is 1.07 bits per heavy atom. The van der Waals surface area contributed by atoms with Gasteiger partial charge in [-0.05, 0) is 42.5 Å². The number of hydrogen-bond acceptors (Lipinski definition) is 5. The number of aromatic nitrogens is 1. The molecule has 2 N–H and O–H groups in total. The van der Waals surface area contributed by atoms with Crippen LogP contribution in [0, 0.1) is 0 Å². The lowest BCUT2D eigenvalue weighted by Crippen LogP contribution is -2.09. The predicted octanol–water partition coefficient (Wildman–Crippen LogP) is 5.22. The zero-order chi connectivity index (χ0) is 18.1. The second-order valence-corrected chi connectivity index (χ2v) is 9.08. The number of rotatable bonds is 6. The number of nitrogens with one attached hydrogen (secondary N) is 2. The fourth-order valence-electron chi connectivity index (χ4n) is 2.86. The van der Waals surface area contributed by atoms with E-state index in [1.165, 1.54) is 18.4 Å². The molecule has 0 amide bonds. The molecular weight excluding hydrogens is 402 g/mol. The van der Waals surface area contributed by atoms with Crippen LogP contribution in [0.1, 0.15) is 24.3 Å². The highest BCUT2D eigenvalue weighted by atomic mass is 35.5. The van der Waals surface area contributed by atoms with E-state index in [1.807, 2.05) is 23.6 Å². The lowest BCUT2D eigenvalue weighted by molar-refractivity contribution is 0.607. The summed E-state index contributed by atoms with van der Waals surface area (Å²) in [5.74, 6) is 0.674. The van der Waals surface area contributed by atoms with Gasteiger partial charge in [-0.25, -0.2) is 13.4 Å². The average Bonchev–Trinajstić information content (AvgIpc) is 3.34. The standard InChI is InChI=1S/C19H19N3O2S2.ClH/c1-26(23,24)22-15-10-8-14(9-11-15)18-12-25-19(21-18)20-17-5-3-2-4-16(17)13-6-7-13;/h2-5,8-13,22H,6-7H2,1H3,(H,20,21);1H. The third-order valence-corrected chi connectivity index (χ3v) is 5.57. The summed E-state index contributed by atoms with van der Waals surface area (Å²) in [5.41, 5.74) is 4.85. The van der Waals surface area contributed by atoms with E-state index in [0.717, 1.165) is 28.3 Å². The molecule has 1 aromatic heterocycles. The van der Waals surface area contributed by atoms with Crippen molar-refractivity contribution < 1.29 is 8.42 Å². The zero-order valence-corrected chi connectivity index (χ0v) is 17.1. The van der Waals surface area contributed by atoms with Crippen LogP contribution in [0.2, 0.25) is 0 Å². The van der Waals surface area contributed by atoms with Crippen LogP contribution in [0.25, 0.3) is 11.3 Å². The van der Waals surface area contributed by atoms with Crippen molar-refractivity contribution in [3.63, 3.8) is 0 Å². The summed E-state index contributed by atoms with van der Waals surface area (Å²) in [6.07, 6.45) is 3.66. The Balaban J connectivity index is 0.00000210. The smallest absolute Gasteiger partial charge is 0.229 e. The van der Waals surface area contributed by atoms with Crippen molar-refractivity contribution in [2.45, 2.75) is 18.8 Å². The fourth-order valence-corrected chi connectivity index (χ4v) is 4.16. The fraction of sp³-hybridized carbons (Fsp3) is 0.211. The van der Waals surface area contributed by atoms with E-state index in [1.54, 1.807) is 23.5 Å². The van der Waals surface area contributed by atoms with Gasteiger partial charge in [0.15, 0.2) is 5.13 Å². The van der Waals surface area contributed by atoms with E-state index in [2.05, 4.69) is 33.2 Å². The summed E-state index contributed by atoms with van der Waals surface area (Å²) in [5, 5.41) is 6.30. The number of anilines is 3. The summed E-state index contributed by atoms with van der Waals surface area (Å²) in [6.45, 7) is 0. The molecule has 8 heteroatoms. The van der Waals surface area contributed by atoms with Crippen molar-refractivity contribution in [1.29, 1.82) is 0 Å². The van der Waals surface area contributed by atoms with Crippen molar-refractivity contribution >= 4 is 50.3 Å². The van der Waals surface area contributed by atoms with Crippen molar-refractivity contribution in [2.24, 2.45) is 0 Å². The van der Waals surface area contributed by atoms with Gasteiger partial charge in [-0.15, -0.1) is 23.7 Å². The predicted molar refractivity (Wildman–Crippen MR) is 115 cm³/mol. The Hall–Kier alpha value is -2.09. The molecule has 4 rings (SSSR count). The Labute approximate surface area is 169 Å². The number of thiazole rings is 1. The molecule has 1 saturated carbocycles. The van der Waals surface area contributed by atoms with Gasteiger partial charge in [-0.1, -0.05) is 30.3 Å². The van der Waals surface area contributed by atoms with E-state index < -0.39 is 10.0 Å². The minimum Gasteiger partial charge on any atom is -0.331 e. The lowest BCUT2D eigenvalue weighted by atomic mass is 10.1. The molecule has 142 valence electrons. The van der Waals surface area contributed by atoms with Crippen LogP contribution in [0.5, 0.6) is 0 Å². The molecule has 2 aromatic carbocycles. The minimum absolute atomic E-state index is 0. The topological polar surface area (TPSA) is 71.1 Å². The summed E-state index contributed by atoms with van der Waals surface area (Å²) in [7, 11) is -3.26. The van der Waals surface area contributed by atoms with Crippen molar-refractivity contribution in [2.75, 3.05) is 16.3 Å². The van der Waals surface area contributed by atoms with Gasteiger partial charge in [0.1, 0.15) is 0 Å². The second kappa shape index (κ2) is 7.88. The molecule has 0 saturated heterocycles. The Bertz CT molecular complexity index is 1030. The lowest BCUT2D eigenvalue weighted by Gasteiger charge is -2.08. The van der Waals surface area contributed by atoms with Crippen LogP contribution < -0.4 is 10.0 Å². The molecule has 0 radical (unpaired) electrons. The van der Waals surface area contributed by atoms with Gasteiger partial charge in [-0.2, -0.15) is 0 Å². The van der Waals surface area contributed by atoms with Crippen LogP contribution in [0.15, 0.2) is 53.9 Å². The molecule has 0 bridgehead atoms. The van der Waals surface area contributed by atoms with Gasteiger partial charge in [-0.3, -0.25) is 4.72 Å². The van der Waals surface area contributed by atoms with E-state index in [0.29, 0.717) is 11.6 Å². The Morgan fingerprint density at radius 2 is 1.78 bits per heavy atom. The molecule has 0 spiro atoms. The molecule has 0 unspecified atom stereocenters. The molecule has 1 heterocycles. The van der Waals surface area contributed by atoms with E-state index in [4.69, 9.17) is 0 Å². The largest absolute Gasteiger partial charge is 0.331 e. The first-order chi connectivity index (χ1) is 12.5. The Kier molecular flexibility index (Phi) is 5.74. The maximum atomic E-state index is 11.3. The third kappa shape index (κ3) is 5.00. The van der Waals surface area contributed by atoms with E-state index >= 15 is 0 Å². The second-order valence-electron chi connectivity index (χ2n) is 6.48. The summed E-state index contributed by atoms with van der Waals surface area (Å²) < 4.78 is 25.0. The van der Waals surface area contributed by atoms with E-state index in [9.17, 15) is 8.42 Å². The molecule has 0 atom stereocenters. The van der Waals surface area contributed by atoms with Crippen LogP contribution in [-0.4, -0.2) is 19.7 Å². The zero-order valence-electron chi connectivity index (χ0n) is 14.7. The van der Waals surface area contributed by atoms with Crippen molar-refractivity contribution in [1.82, 2.24) is 4.98 Å². The highest BCUT2D eigenvalue weighted by Gasteiger charge is 2.25. The maximum absolute atomic E-state index is 11.3. The van der Waals surface area contributed by atoms with Gasteiger partial charge in [0.05, 0.1) is 11.9 Å². The first-order valence-corrected chi connectivity index (χ1v) is 11.1. The number of hydrogen-bond donors (Lipinski definition) is 2. The van der Waals surface area contributed by atoms with Crippen LogP contribution in [0.4, 0.5) is 16.5 Å². The monoisotopic (exact) mass is 421 g/mol. The quantitative estimate of drug-likeness (QED) is 0.572. The molecule has 1 aliphatic rings.